The van der Waals surface area contributed by atoms with E-state index >= 15 is 0 Å². The summed E-state index contributed by atoms with van der Waals surface area (Å²) in [5, 5.41) is 6.57. The maximum Gasteiger partial charge on any atom is 0.238 e. The van der Waals surface area contributed by atoms with Crippen molar-refractivity contribution in [2.45, 2.75) is 4.90 Å². The zero-order valence-electron chi connectivity index (χ0n) is 15.0. The molecule has 0 atom stereocenters. The minimum atomic E-state index is -3.84. The molecule has 0 amide bonds. The standard InChI is InChI=1S/C21H12Cl3NO3S2/c22-12-9-15(23)18(16(24)10-12)19-20(26)14-3-1-2-4-17(14)29-21(19)11-5-7-13(8-6-11)30(25,27)28/h1-10H,(H2,25,27,28). The number of halogens is 3. The normalized spacial score (nSPS) is 11.7. The molecule has 0 radical (unpaired) electrons. The first-order chi connectivity index (χ1) is 14.2. The second-order valence-corrected chi connectivity index (χ2v) is 10.3. The van der Waals surface area contributed by atoms with Gasteiger partial charge in [0.15, 0.2) is 5.43 Å². The first-order valence-electron chi connectivity index (χ1n) is 8.51. The van der Waals surface area contributed by atoms with Crippen molar-refractivity contribution in [3.63, 3.8) is 0 Å². The molecule has 0 spiro atoms. The summed E-state index contributed by atoms with van der Waals surface area (Å²) in [4.78, 5) is 14.1. The highest BCUT2D eigenvalue weighted by molar-refractivity contribution is 7.89. The molecule has 152 valence electrons. The molecule has 0 saturated heterocycles. The summed E-state index contributed by atoms with van der Waals surface area (Å²) in [6, 6.07) is 16.2. The van der Waals surface area contributed by atoms with E-state index in [1.165, 1.54) is 35.6 Å². The zero-order chi connectivity index (χ0) is 21.6. The van der Waals surface area contributed by atoms with Crippen LogP contribution in [0.15, 0.2) is 70.4 Å². The molecule has 1 heterocycles. The number of sulfonamides is 1. The van der Waals surface area contributed by atoms with Gasteiger partial charge in [0.25, 0.3) is 0 Å². The predicted molar refractivity (Wildman–Crippen MR) is 125 cm³/mol. The molecule has 2 N–H and O–H groups in total. The monoisotopic (exact) mass is 495 g/mol. The second-order valence-electron chi connectivity index (χ2n) is 6.45. The van der Waals surface area contributed by atoms with Gasteiger partial charge in [0, 0.05) is 25.5 Å². The molecule has 0 bridgehead atoms. The maximum absolute atomic E-state index is 13.5. The molecule has 0 aliphatic rings. The number of nitrogens with two attached hydrogens (primary N) is 1. The Labute approximate surface area is 191 Å². The van der Waals surface area contributed by atoms with E-state index < -0.39 is 10.0 Å². The van der Waals surface area contributed by atoms with E-state index in [0.717, 1.165) is 4.70 Å². The SMILES string of the molecule is NS(=O)(=O)c1ccc(-c2sc3ccccc3c(=O)c2-c2c(Cl)cc(Cl)cc2Cl)cc1. The molecule has 1 aromatic heterocycles. The molecule has 3 aromatic carbocycles. The van der Waals surface area contributed by atoms with Crippen LogP contribution in [0.2, 0.25) is 15.1 Å². The highest BCUT2D eigenvalue weighted by Gasteiger charge is 2.21. The number of rotatable bonds is 3. The Hall–Kier alpha value is -1.93. The highest BCUT2D eigenvalue weighted by Crippen LogP contribution is 2.43. The first-order valence-corrected chi connectivity index (χ1v) is 12.0. The lowest BCUT2D eigenvalue weighted by molar-refractivity contribution is 0.598. The molecular weight excluding hydrogens is 485 g/mol. The fourth-order valence-electron chi connectivity index (χ4n) is 3.15. The van der Waals surface area contributed by atoms with Crippen LogP contribution in [0.25, 0.3) is 31.7 Å². The fourth-order valence-corrected chi connectivity index (χ4v) is 5.86. The van der Waals surface area contributed by atoms with Gasteiger partial charge in [0.05, 0.1) is 20.5 Å². The lowest BCUT2D eigenvalue weighted by Gasteiger charge is -2.14. The van der Waals surface area contributed by atoms with Crippen LogP contribution in [0, 0.1) is 0 Å². The number of benzene rings is 3. The van der Waals surface area contributed by atoms with E-state index in [1.807, 2.05) is 12.1 Å². The van der Waals surface area contributed by atoms with Crippen molar-refractivity contribution >= 4 is 66.2 Å². The summed E-state index contributed by atoms with van der Waals surface area (Å²) in [6.45, 7) is 0. The third-order valence-electron chi connectivity index (χ3n) is 4.50. The van der Waals surface area contributed by atoms with Gasteiger partial charge in [-0.05, 0) is 42.0 Å². The van der Waals surface area contributed by atoms with Crippen LogP contribution in [-0.2, 0) is 10.0 Å². The van der Waals surface area contributed by atoms with Crippen molar-refractivity contribution in [3.05, 3.63) is 86.0 Å². The number of hydrogen-bond acceptors (Lipinski definition) is 4. The summed E-state index contributed by atoms with van der Waals surface area (Å²) in [7, 11) is -3.84. The lowest BCUT2D eigenvalue weighted by Crippen LogP contribution is -2.11. The minimum absolute atomic E-state index is 0.0245. The quantitative estimate of drug-likeness (QED) is 0.367. The largest absolute Gasteiger partial charge is 0.288 e. The van der Waals surface area contributed by atoms with Gasteiger partial charge >= 0.3 is 0 Å². The Kier molecular flexibility index (Phi) is 5.66. The van der Waals surface area contributed by atoms with Crippen molar-refractivity contribution in [2.75, 3.05) is 0 Å². The Balaban J connectivity index is 2.10. The number of hydrogen-bond donors (Lipinski definition) is 1. The molecule has 4 rings (SSSR count). The van der Waals surface area contributed by atoms with Crippen molar-refractivity contribution in [3.8, 4) is 21.6 Å². The van der Waals surface area contributed by atoms with E-state index in [1.54, 1.807) is 24.3 Å². The lowest BCUT2D eigenvalue weighted by atomic mass is 10.00. The minimum Gasteiger partial charge on any atom is -0.288 e. The van der Waals surface area contributed by atoms with Crippen molar-refractivity contribution in [2.24, 2.45) is 5.14 Å². The fraction of sp³-hybridized carbons (Fsp3) is 0. The molecule has 0 aliphatic carbocycles. The van der Waals surface area contributed by atoms with Crippen LogP contribution in [0.1, 0.15) is 0 Å². The van der Waals surface area contributed by atoms with E-state index in [2.05, 4.69) is 0 Å². The summed E-state index contributed by atoms with van der Waals surface area (Å²) in [6.07, 6.45) is 0. The van der Waals surface area contributed by atoms with Gasteiger partial charge in [-0.15, -0.1) is 11.3 Å². The van der Waals surface area contributed by atoms with Gasteiger partial charge in [-0.3, -0.25) is 4.79 Å². The smallest absolute Gasteiger partial charge is 0.238 e. The highest BCUT2D eigenvalue weighted by atomic mass is 35.5. The molecule has 9 heteroatoms. The second kappa shape index (κ2) is 7.96. The molecule has 0 saturated carbocycles. The van der Waals surface area contributed by atoms with Gasteiger partial charge in [0.2, 0.25) is 10.0 Å². The third-order valence-corrected chi connectivity index (χ3v) is 7.46. The zero-order valence-corrected chi connectivity index (χ0v) is 18.9. The van der Waals surface area contributed by atoms with Crippen molar-refractivity contribution < 1.29 is 8.42 Å². The van der Waals surface area contributed by atoms with Crippen molar-refractivity contribution in [1.82, 2.24) is 0 Å². The van der Waals surface area contributed by atoms with E-state index in [-0.39, 0.29) is 20.4 Å². The van der Waals surface area contributed by atoms with Crippen molar-refractivity contribution in [1.29, 1.82) is 0 Å². The van der Waals surface area contributed by atoms with Gasteiger partial charge in [0.1, 0.15) is 0 Å². The Bertz CT molecular complexity index is 1440. The van der Waals surface area contributed by atoms with Gasteiger partial charge in [-0.1, -0.05) is 59.1 Å². The van der Waals surface area contributed by atoms with Gasteiger partial charge in [-0.2, -0.15) is 0 Å². The molecular formula is C21H12Cl3NO3S2. The van der Waals surface area contributed by atoms with Crippen LogP contribution in [0.3, 0.4) is 0 Å². The van der Waals surface area contributed by atoms with Gasteiger partial charge < -0.3 is 0 Å². The van der Waals surface area contributed by atoms with Crippen LogP contribution < -0.4 is 10.6 Å². The summed E-state index contributed by atoms with van der Waals surface area (Å²) >= 11 is 20.3. The maximum atomic E-state index is 13.5. The predicted octanol–water partition coefficient (Wildman–Crippen LogP) is 6.20. The molecule has 0 unspecified atom stereocenters. The van der Waals surface area contributed by atoms with Crippen LogP contribution >= 0.6 is 46.1 Å². The molecule has 4 nitrogen and oxygen atoms in total. The van der Waals surface area contributed by atoms with Crippen LogP contribution in [0.5, 0.6) is 0 Å². The molecule has 30 heavy (non-hydrogen) atoms. The van der Waals surface area contributed by atoms with E-state index in [9.17, 15) is 13.2 Å². The Morgan fingerprint density at radius 3 is 2.03 bits per heavy atom. The summed E-state index contributed by atoms with van der Waals surface area (Å²) < 4.78 is 24.0. The average molecular weight is 497 g/mol. The average Bonchev–Trinajstić information content (AvgIpc) is 2.68. The van der Waals surface area contributed by atoms with Crippen LogP contribution in [0.4, 0.5) is 0 Å². The molecule has 4 aromatic rings. The number of fused-ring (bicyclic) bond motifs is 1. The molecule has 0 aliphatic heterocycles. The van der Waals surface area contributed by atoms with Crippen LogP contribution in [-0.4, -0.2) is 8.42 Å². The summed E-state index contributed by atoms with van der Waals surface area (Å²) in [5.74, 6) is 0. The van der Waals surface area contributed by atoms with Gasteiger partial charge in [-0.25, -0.2) is 13.6 Å². The Morgan fingerprint density at radius 2 is 1.43 bits per heavy atom. The first kappa shape index (κ1) is 21.3. The van der Waals surface area contributed by atoms with E-state index in [4.69, 9.17) is 39.9 Å². The topological polar surface area (TPSA) is 77.2 Å². The molecule has 0 fully saturated rings. The third kappa shape index (κ3) is 3.87. The number of primary sulfonamides is 1. The Morgan fingerprint density at radius 1 is 0.833 bits per heavy atom. The van der Waals surface area contributed by atoms with E-state index in [0.29, 0.717) is 32.0 Å². The summed E-state index contributed by atoms with van der Waals surface area (Å²) in [5.41, 5.74) is 1.10.